The first-order chi connectivity index (χ1) is 7.70. The predicted octanol–water partition coefficient (Wildman–Crippen LogP) is 0.822. The average Bonchev–Trinajstić information content (AvgIpc) is 3.17. The molecule has 0 aromatic rings. The van der Waals surface area contributed by atoms with Crippen molar-refractivity contribution in [2.45, 2.75) is 32.3 Å². The first kappa shape index (κ1) is 10.4. The lowest BCUT2D eigenvalue weighted by Crippen LogP contribution is -2.48. The molecular weight excluding hydrogens is 202 g/mol. The topological polar surface area (TPSA) is 50.8 Å². The molecule has 2 unspecified atom stereocenters. The molecule has 0 bridgehead atoms. The zero-order chi connectivity index (χ0) is 11.2. The summed E-state index contributed by atoms with van der Waals surface area (Å²) in [7, 11) is 0. The summed E-state index contributed by atoms with van der Waals surface area (Å²) < 4.78 is 5.49. The Morgan fingerprint density at radius 3 is 3.00 bits per heavy atom. The smallest absolute Gasteiger partial charge is 0.191 e. The Kier molecular flexibility index (Phi) is 2.35. The Bertz CT molecular complexity index is 311. The maximum Gasteiger partial charge on any atom is 0.191 e. The molecular formula is C12H21N3O. The Labute approximate surface area is 96.8 Å². The number of nitrogens with zero attached hydrogens (tertiary/aromatic N) is 2. The molecule has 4 nitrogen and oxygen atoms in total. The van der Waals surface area contributed by atoms with Crippen LogP contribution in [-0.2, 0) is 4.74 Å². The highest BCUT2D eigenvalue weighted by atomic mass is 16.5. The second-order valence-corrected chi connectivity index (χ2v) is 5.59. The van der Waals surface area contributed by atoms with Gasteiger partial charge in [0.05, 0.1) is 12.7 Å². The van der Waals surface area contributed by atoms with Crippen molar-refractivity contribution in [1.82, 2.24) is 4.90 Å². The molecule has 4 heteroatoms. The number of aliphatic imine (C=N–C) groups is 1. The number of guanidine groups is 1. The average molecular weight is 223 g/mol. The quantitative estimate of drug-likeness (QED) is 0.557. The molecule has 2 aliphatic carbocycles. The highest BCUT2D eigenvalue weighted by molar-refractivity contribution is 5.78. The first-order valence-electron chi connectivity index (χ1n) is 6.36. The van der Waals surface area contributed by atoms with Crippen LogP contribution in [0, 0.1) is 11.3 Å². The van der Waals surface area contributed by atoms with Crippen LogP contribution in [0.5, 0.6) is 0 Å². The van der Waals surface area contributed by atoms with Gasteiger partial charge in [-0.3, -0.25) is 4.99 Å². The van der Waals surface area contributed by atoms with Gasteiger partial charge >= 0.3 is 0 Å². The molecule has 3 rings (SSSR count). The van der Waals surface area contributed by atoms with E-state index in [1.807, 2.05) is 0 Å². The molecule has 2 N–H and O–H groups in total. The van der Waals surface area contributed by atoms with E-state index in [0.29, 0.717) is 0 Å². The number of morpholine rings is 1. The highest BCUT2D eigenvalue weighted by Gasteiger charge is 2.62. The second kappa shape index (κ2) is 3.62. The molecule has 0 aromatic carbocycles. The van der Waals surface area contributed by atoms with E-state index >= 15 is 0 Å². The predicted molar refractivity (Wildman–Crippen MR) is 63.3 cm³/mol. The van der Waals surface area contributed by atoms with Crippen molar-refractivity contribution in [3.63, 3.8) is 0 Å². The summed E-state index contributed by atoms with van der Waals surface area (Å²) in [6.45, 7) is 5.56. The maximum absolute atomic E-state index is 6.02. The van der Waals surface area contributed by atoms with Gasteiger partial charge in [0, 0.05) is 19.6 Å². The molecule has 1 saturated heterocycles. The van der Waals surface area contributed by atoms with Crippen LogP contribution >= 0.6 is 0 Å². The molecule has 0 aromatic heterocycles. The molecule has 0 amide bonds. The lowest BCUT2D eigenvalue weighted by Gasteiger charge is -2.31. The van der Waals surface area contributed by atoms with Crippen molar-refractivity contribution in [2.24, 2.45) is 22.1 Å². The van der Waals surface area contributed by atoms with Gasteiger partial charge in [0.15, 0.2) is 5.96 Å². The van der Waals surface area contributed by atoms with Crippen LogP contribution in [0.1, 0.15) is 26.2 Å². The number of nitrogens with two attached hydrogens (primary N) is 1. The van der Waals surface area contributed by atoms with Crippen LogP contribution in [0.3, 0.4) is 0 Å². The van der Waals surface area contributed by atoms with Gasteiger partial charge in [-0.2, -0.15) is 0 Å². The molecule has 2 atom stereocenters. The van der Waals surface area contributed by atoms with Gasteiger partial charge in [-0.05, 0) is 37.5 Å². The summed E-state index contributed by atoms with van der Waals surface area (Å²) in [6, 6.07) is 0. The van der Waals surface area contributed by atoms with E-state index in [9.17, 15) is 0 Å². The minimum atomic E-state index is 0.276. The number of rotatable bonds is 2. The lowest BCUT2D eigenvalue weighted by atomic mass is 10.3. The minimum Gasteiger partial charge on any atom is -0.375 e. The number of hydrogen-bond acceptors (Lipinski definition) is 2. The minimum absolute atomic E-state index is 0.276. The normalized spacial score (nSPS) is 36.6. The highest BCUT2D eigenvalue weighted by Crippen LogP contribution is 2.70. The fraction of sp³-hybridized carbons (Fsp3) is 0.917. The van der Waals surface area contributed by atoms with E-state index in [-0.39, 0.29) is 6.10 Å². The van der Waals surface area contributed by atoms with Crippen LogP contribution < -0.4 is 5.73 Å². The summed E-state index contributed by atoms with van der Waals surface area (Å²) in [5.74, 6) is 1.56. The summed E-state index contributed by atoms with van der Waals surface area (Å²) >= 11 is 0. The molecule has 1 aliphatic heterocycles. The van der Waals surface area contributed by atoms with E-state index in [1.165, 1.54) is 19.3 Å². The monoisotopic (exact) mass is 223 g/mol. The van der Waals surface area contributed by atoms with E-state index in [1.54, 1.807) is 0 Å². The molecule has 1 spiro atoms. The molecule has 16 heavy (non-hydrogen) atoms. The van der Waals surface area contributed by atoms with E-state index in [0.717, 1.165) is 43.5 Å². The van der Waals surface area contributed by atoms with E-state index < -0.39 is 0 Å². The Morgan fingerprint density at radius 2 is 2.38 bits per heavy atom. The molecule has 1 heterocycles. The standard InChI is InChI=1S/C12H21N3O/c1-9-8-15(4-5-16-9)11(13)14-7-10-6-12(10)2-3-12/h9-10H,2-8H2,1H3,(H2,13,14). The fourth-order valence-corrected chi connectivity index (χ4v) is 2.79. The van der Waals surface area contributed by atoms with Crippen molar-refractivity contribution in [3.05, 3.63) is 0 Å². The van der Waals surface area contributed by atoms with E-state index in [2.05, 4.69) is 16.8 Å². The third-order valence-electron chi connectivity index (χ3n) is 4.29. The molecule has 3 fully saturated rings. The molecule has 3 aliphatic rings. The second-order valence-electron chi connectivity index (χ2n) is 5.59. The van der Waals surface area contributed by atoms with Crippen LogP contribution in [0.4, 0.5) is 0 Å². The third kappa shape index (κ3) is 1.90. The molecule has 2 saturated carbocycles. The van der Waals surface area contributed by atoms with Gasteiger partial charge in [0.2, 0.25) is 0 Å². The SMILES string of the molecule is CC1CN(C(N)=NCC2CC23CC3)CCO1. The van der Waals surface area contributed by atoms with Gasteiger partial charge in [0.25, 0.3) is 0 Å². The van der Waals surface area contributed by atoms with Crippen molar-refractivity contribution < 1.29 is 4.74 Å². The molecule has 0 radical (unpaired) electrons. The van der Waals surface area contributed by atoms with Gasteiger partial charge in [-0.15, -0.1) is 0 Å². The number of hydrogen-bond donors (Lipinski definition) is 1. The van der Waals surface area contributed by atoms with Gasteiger partial charge in [0.1, 0.15) is 0 Å². The summed E-state index contributed by atoms with van der Waals surface area (Å²) in [6.07, 6.45) is 4.53. The zero-order valence-corrected chi connectivity index (χ0v) is 9.98. The largest absolute Gasteiger partial charge is 0.375 e. The first-order valence-corrected chi connectivity index (χ1v) is 6.36. The third-order valence-corrected chi connectivity index (χ3v) is 4.29. The summed E-state index contributed by atoms with van der Waals surface area (Å²) in [5.41, 5.74) is 6.75. The van der Waals surface area contributed by atoms with Crippen molar-refractivity contribution in [2.75, 3.05) is 26.2 Å². The lowest BCUT2D eigenvalue weighted by molar-refractivity contribution is 0.00529. The van der Waals surface area contributed by atoms with Gasteiger partial charge < -0.3 is 15.4 Å². The van der Waals surface area contributed by atoms with Crippen LogP contribution in [0.25, 0.3) is 0 Å². The van der Waals surface area contributed by atoms with Gasteiger partial charge in [-0.25, -0.2) is 0 Å². The van der Waals surface area contributed by atoms with Gasteiger partial charge in [-0.1, -0.05) is 0 Å². The van der Waals surface area contributed by atoms with E-state index in [4.69, 9.17) is 10.5 Å². The van der Waals surface area contributed by atoms with Crippen molar-refractivity contribution in [1.29, 1.82) is 0 Å². The van der Waals surface area contributed by atoms with Crippen molar-refractivity contribution >= 4 is 5.96 Å². The Balaban J connectivity index is 1.50. The van der Waals surface area contributed by atoms with Crippen LogP contribution in [-0.4, -0.2) is 43.2 Å². The molecule has 90 valence electrons. The number of ether oxygens (including phenoxy) is 1. The summed E-state index contributed by atoms with van der Waals surface area (Å²) in [5, 5.41) is 0. The maximum atomic E-state index is 6.02. The summed E-state index contributed by atoms with van der Waals surface area (Å²) in [4.78, 5) is 6.69. The Morgan fingerprint density at radius 1 is 1.56 bits per heavy atom. The van der Waals surface area contributed by atoms with Crippen LogP contribution in [0.2, 0.25) is 0 Å². The zero-order valence-electron chi connectivity index (χ0n) is 9.98. The fourth-order valence-electron chi connectivity index (χ4n) is 2.79. The van der Waals surface area contributed by atoms with Crippen LogP contribution in [0.15, 0.2) is 4.99 Å². The Hall–Kier alpha value is -0.770. The van der Waals surface area contributed by atoms with Crippen molar-refractivity contribution in [3.8, 4) is 0 Å².